The quantitative estimate of drug-likeness (QED) is 0.611. The van der Waals surface area contributed by atoms with Crippen LogP contribution in [0.3, 0.4) is 0 Å². The Kier molecular flexibility index (Phi) is 4.81. The summed E-state index contributed by atoms with van der Waals surface area (Å²) in [5, 5.41) is 0. The largest absolute Gasteiger partial charge is 0.497 e. The van der Waals surface area contributed by atoms with E-state index in [4.69, 9.17) is 9.47 Å². The summed E-state index contributed by atoms with van der Waals surface area (Å²) in [5.74, 6) is 1.41. The lowest BCUT2D eigenvalue weighted by Crippen LogP contribution is -1.94. The van der Waals surface area contributed by atoms with Crippen molar-refractivity contribution in [3.63, 3.8) is 0 Å². The fourth-order valence-corrected chi connectivity index (χ4v) is 3.02. The third-order valence-corrected chi connectivity index (χ3v) is 4.13. The predicted octanol–water partition coefficient (Wildman–Crippen LogP) is 4.28. The molecule has 0 atom stereocenters. The first-order valence-electron chi connectivity index (χ1n) is 6.56. The van der Waals surface area contributed by atoms with Gasteiger partial charge in [0.15, 0.2) is 5.78 Å². The number of thiophene rings is 1. The molecular formula is C17H18O3S. The lowest BCUT2D eigenvalue weighted by Gasteiger charge is -2.07. The average Bonchev–Trinajstić information content (AvgIpc) is 2.83. The van der Waals surface area contributed by atoms with Crippen molar-refractivity contribution in [2.75, 3.05) is 14.2 Å². The molecule has 0 N–H and O–H groups in total. The van der Waals surface area contributed by atoms with Gasteiger partial charge in [-0.15, -0.1) is 11.3 Å². The zero-order valence-electron chi connectivity index (χ0n) is 12.6. The Labute approximate surface area is 128 Å². The number of benzene rings is 1. The molecule has 0 spiro atoms. The van der Waals surface area contributed by atoms with Gasteiger partial charge in [0.2, 0.25) is 0 Å². The number of hydrogen-bond donors (Lipinski definition) is 0. The maximum Gasteiger partial charge on any atom is 0.186 e. The maximum atomic E-state index is 12.2. The lowest BCUT2D eigenvalue weighted by atomic mass is 10.1. The summed E-state index contributed by atoms with van der Waals surface area (Å²) in [6.45, 7) is 3.97. The van der Waals surface area contributed by atoms with E-state index in [-0.39, 0.29) is 5.78 Å². The van der Waals surface area contributed by atoms with Gasteiger partial charge in [0.1, 0.15) is 11.5 Å². The zero-order valence-corrected chi connectivity index (χ0v) is 13.4. The number of ether oxygens (including phenoxy) is 2. The average molecular weight is 302 g/mol. The Morgan fingerprint density at radius 2 is 1.90 bits per heavy atom. The molecule has 1 heterocycles. The van der Waals surface area contributed by atoms with Gasteiger partial charge in [-0.2, -0.15) is 0 Å². The van der Waals surface area contributed by atoms with Crippen molar-refractivity contribution in [1.82, 2.24) is 0 Å². The second kappa shape index (κ2) is 6.59. The van der Waals surface area contributed by atoms with Crippen LogP contribution in [-0.4, -0.2) is 20.0 Å². The molecule has 0 bridgehead atoms. The van der Waals surface area contributed by atoms with Crippen molar-refractivity contribution in [2.24, 2.45) is 0 Å². The molecule has 0 fully saturated rings. The molecule has 1 aromatic carbocycles. The first kappa shape index (κ1) is 15.3. The smallest absolute Gasteiger partial charge is 0.186 e. The van der Waals surface area contributed by atoms with E-state index in [1.54, 1.807) is 43.8 Å². The number of methoxy groups -OCH3 is 2. The first-order valence-corrected chi connectivity index (χ1v) is 7.38. The zero-order chi connectivity index (χ0) is 15.4. The van der Waals surface area contributed by atoms with Crippen LogP contribution in [0.25, 0.3) is 6.08 Å². The summed E-state index contributed by atoms with van der Waals surface area (Å²) >= 11 is 1.64. The highest BCUT2D eigenvalue weighted by Crippen LogP contribution is 2.26. The topological polar surface area (TPSA) is 35.5 Å². The molecule has 4 heteroatoms. The van der Waals surface area contributed by atoms with Gasteiger partial charge in [-0.05, 0) is 44.2 Å². The van der Waals surface area contributed by atoms with E-state index in [0.29, 0.717) is 5.75 Å². The Balaban J connectivity index is 2.25. The summed E-state index contributed by atoms with van der Waals surface area (Å²) < 4.78 is 10.5. The van der Waals surface area contributed by atoms with Crippen LogP contribution in [-0.2, 0) is 0 Å². The van der Waals surface area contributed by atoms with Crippen LogP contribution in [0, 0.1) is 13.8 Å². The molecule has 0 saturated carbocycles. The van der Waals surface area contributed by atoms with Crippen LogP contribution in [0.15, 0.2) is 30.3 Å². The van der Waals surface area contributed by atoms with E-state index in [1.165, 1.54) is 0 Å². The summed E-state index contributed by atoms with van der Waals surface area (Å²) in [4.78, 5) is 14.4. The van der Waals surface area contributed by atoms with Gasteiger partial charge in [-0.25, -0.2) is 0 Å². The molecule has 1 aromatic heterocycles. The second-order valence-corrected chi connectivity index (χ2v) is 6.09. The van der Waals surface area contributed by atoms with Crippen molar-refractivity contribution in [3.05, 3.63) is 51.2 Å². The molecule has 0 radical (unpaired) electrons. The van der Waals surface area contributed by atoms with Crippen molar-refractivity contribution in [2.45, 2.75) is 13.8 Å². The van der Waals surface area contributed by atoms with E-state index in [2.05, 4.69) is 0 Å². The van der Waals surface area contributed by atoms with Gasteiger partial charge in [0, 0.05) is 26.9 Å². The van der Waals surface area contributed by atoms with Gasteiger partial charge >= 0.3 is 0 Å². The Morgan fingerprint density at radius 3 is 2.48 bits per heavy atom. The summed E-state index contributed by atoms with van der Waals surface area (Å²) in [6.07, 6.45) is 3.35. The van der Waals surface area contributed by atoms with Gasteiger partial charge in [0.25, 0.3) is 0 Å². The van der Waals surface area contributed by atoms with Gasteiger partial charge in [0.05, 0.1) is 14.2 Å². The lowest BCUT2D eigenvalue weighted by molar-refractivity contribution is 0.104. The first-order chi connectivity index (χ1) is 10.0. The fraction of sp³-hybridized carbons (Fsp3) is 0.235. The molecular weight excluding hydrogens is 284 g/mol. The standard InChI is InChI=1S/C17H18O3S/c1-11-9-15(12(2)21-11)16(18)8-6-13-5-7-14(19-3)10-17(13)20-4/h5-10H,1-4H3/b8-6+. The number of rotatable bonds is 5. The fourth-order valence-electron chi connectivity index (χ4n) is 2.09. The number of hydrogen-bond acceptors (Lipinski definition) is 4. The van der Waals surface area contributed by atoms with Crippen molar-refractivity contribution >= 4 is 23.2 Å². The third kappa shape index (κ3) is 3.52. The van der Waals surface area contributed by atoms with Crippen LogP contribution in [0.1, 0.15) is 25.7 Å². The minimum atomic E-state index is 0.00900. The van der Waals surface area contributed by atoms with Crippen LogP contribution in [0.4, 0.5) is 0 Å². The molecule has 0 aliphatic carbocycles. The minimum absolute atomic E-state index is 0.00900. The summed E-state index contributed by atoms with van der Waals surface area (Å²) in [7, 11) is 3.20. The van der Waals surface area contributed by atoms with Crippen LogP contribution < -0.4 is 9.47 Å². The molecule has 0 amide bonds. The molecule has 2 aromatic rings. The van der Waals surface area contributed by atoms with Gasteiger partial charge in [-0.3, -0.25) is 4.79 Å². The van der Waals surface area contributed by atoms with Crippen molar-refractivity contribution in [3.8, 4) is 11.5 Å². The van der Waals surface area contributed by atoms with E-state index in [9.17, 15) is 4.79 Å². The Morgan fingerprint density at radius 1 is 1.14 bits per heavy atom. The van der Waals surface area contributed by atoms with Gasteiger partial charge < -0.3 is 9.47 Å². The highest BCUT2D eigenvalue weighted by Gasteiger charge is 2.09. The van der Waals surface area contributed by atoms with Crippen LogP contribution in [0.5, 0.6) is 11.5 Å². The number of allylic oxidation sites excluding steroid dienone is 1. The molecule has 0 saturated heterocycles. The van der Waals surface area contributed by atoms with Crippen LogP contribution in [0.2, 0.25) is 0 Å². The number of aryl methyl sites for hydroxylation is 2. The number of carbonyl (C=O) groups excluding carboxylic acids is 1. The normalized spacial score (nSPS) is 10.9. The molecule has 0 unspecified atom stereocenters. The molecule has 3 nitrogen and oxygen atoms in total. The molecule has 2 rings (SSSR count). The predicted molar refractivity (Wildman–Crippen MR) is 86.7 cm³/mol. The molecule has 21 heavy (non-hydrogen) atoms. The van der Waals surface area contributed by atoms with E-state index < -0.39 is 0 Å². The molecule has 110 valence electrons. The van der Waals surface area contributed by atoms with E-state index in [0.717, 1.165) is 26.6 Å². The molecule has 0 aliphatic rings. The maximum absolute atomic E-state index is 12.2. The summed E-state index contributed by atoms with van der Waals surface area (Å²) in [5.41, 5.74) is 1.61. The Bertz CT molecular complexity index is 683. The monoisotopic (exact) mass is 302 g/mol. The minimum Gasteiger partial charge on any atom is -0.497 e. The number of carbonyl (C=O) groups is 1. The van der Waals surface area contributed by atoms with Crippen LogP contribution >= 0.6 is 11.3 Å². The molecule has 0 aliphatic heterocycles. The van der Waals surface area contributed by atoms with Crippen molar-refractivity contribution < 1.29 is 14.3 Å². The highest BCUT2D eigenvalue weighted by atomic mass is 32.1. The summed E-state index contributed by atoms with van der Waals surface area (Å²) in [6, 6.07) is 7.43. The SMILES string of the molecule is COc1ccc(/C=C/C(=O)c2cc(C)sc2C)c(OC)c1. The third-order valence-electron chi connectivity index (χ3n) is 3.16. The van der Waals surface area contributed by atoms with Gasteiger partial charge in [-0.1, -0.05) is 0 Å². The van der Waals surface area contributed by atoms with E-state index >= 15 is 0 Å². The van der Waals surface area contributed by atoms with Crippen molar-refractivity contribution in [1.29, 1.82) is 0 Å². The Hall–Kier alpha value is -2.07. The van der Waals surface area contributed by atoms with E-state index in [1.807, 2.05) is 32.0 Å². The number of ketones is 1. The second-order valence-electron chi connectivity index (χ2n) is 4.63. The highest BCUT2D eigenvalue weighted by molar-refractivity contribution is 7.12.